The van der Waals surface area contributed by atoms with Gasteiger partial charge in [-0.25, -0.2) is 15.0 Å². The Morgan fingerprint density at radius 2 is 1.90 bits per heavy atom. The number of hydrogen-bond donors (Lipinski definition) is 0. The lowest BCUT2D eigenvalue weighted by Crippen LogP contribution is -2.49. The van der Waals surface area contributed by atoms with Crippen molar-refractivity contribution in [3.05, 3.63) is 36.4 Å². The van der Waals surface area contributed by atoms with E-state index < -0.39 is 0 Å². The van der Waals surface area contributed by atoms with Crippen LogP contribution in [0.1, 0.15) is 42.1 Å². The fourth-order valence-corrected chi connectivity index (χ4v) is 4.38. The molecule has 3 aromatic rings. The predicted octanol–water partition coefficient (Wildman–Crippen LogP) is 2.31. The quantitative estimate of drug-likeness (QED) is 0.656. The van der Waals surface area contributed by atoms with E-state index in [1.165, 1.54) is 25.7 Å². The fourth-order valence-electron chi connectivity index (χ4n) is 4.38. The Labute approximate surface area is 174 Å². The summed E-state index contributed by atoms with van der Waals surface area (Å²) in [4.78, 5) is 34.8. The minimum Gasteiger partial charge on any atom is -0.481 e. The van der Waals surface area contributed by atoms with Gasteiger partial charge in [0, 0.05) is 50.7 Å². The smallest absolute Gasteiger partial charge is 0.255 e. The molecule has 4 heterocycles. The Kier molecular flexibility index (Phi) is 4.94. The van der Waals surface area contributed by atoms with Gasteiger partial charge in [-0.1, -0.05) is 12.8 Å². The lowest BCUT2D eigenvalue weighted by molar-refractivity contribution is 0.0746. The van der Waals surface area contributed by atoms with E-state index in [2.05, 4.69) is 29.4 Å². The molecular weight excluding hydrogens is 382 g/mol. The summed E-state index contributed by atoms with van der Waals surface area (Å²) in [6.07, 6.45) is 10.1. The molecule has 9 heteroatoms. The molecule has 0 N–H and O–H groups in total. The highest BCUT2D eigenvalue weighted by atomic mass is 16.5. The summed E-state index contributed by atoms with van der Waals surface area (Å²) in [5.74, 6) is 1.16. The zero-order valence-electron chi connectivity index (χ0n) is 17.1. The second-order valence-corrected chi connectivity index (χ2v) is 7.84. The van der Waals surface area contributed by atoms with Crippen molar-refractivity contribution in [1.29, 1.82) is 0 Å². The lowest BCUT2D eigenvalue weighted by Gasteiger charge is -2.34. The summed E-state index contributed by atoms with van der Waals surface area (Å²) in [5.41, 5.74) is 2.25. The number of pyridine rings is 1. The molecule has 156 valence electrons. The molecule has 2 aliphatic rings. The first kappa shape index (κ1) is 18.8. The van der Waals surface area contributed by atoms with Crippen LogP contribution < -0.4 is 9.64 Å². The molecule has 30 heavy (non-hydrogen) atoms. The number of hydrogen-bond acceptors (Lipinski definition) is 7. The number of ether oxygens (including phenoxy) is 1. The van der Waals surface area contributed by atoms with Gasteiger partial charge in [0.05, 0.1) is 19.0 Å². The van der Waals surface area contributed by atoms with E-state index in [-0.39, 0.29) is 5.91 Å². The van der Waals surface area contributed by atoms with Crippen LogP contribution >= 0.6 is 0 Å². The topological polar surface area (TPSA) is 89.3 Å². The van der Waals surface area contributed by atoms with Crippen molar-refractivity contribution in [2.45, 2.75) is 31.7 Å². The molecule has 3 aromatic heterocycles. The molecular formula is C21H25N7O2. The van der Waals surface area contributed by atoms with Crippen molar-refractivity contribution in [2.75, 3.05) is 38.2 Å². The van der Waals surface area contributed by atoms with Crippen LogP contribution in [0.2, 0.25) is 0 Å². The second-order valence-electron chi connectivity index (χ2n) is 7.84. The van der Waals surface area contributed by atoms with Crippen molar-refractivity contribution in [2.24, 2.45) is 0 Å². The number of anilines is 1. The predicted molar refractivity (Wildman–Crippen MR) is 112 cm³/mol. The fraction of sp³-hybridized carbons (Fsp3) is 0.476. The maximum Gasteiger partial charge on any atom is 0.255 e. The molecule has 1 aliphatic carbocycles. The van der Waals surface area contributed by atoms with E-state index in [0.717, 1.165) is 11.2 Å². The standard InChI is InChI=1S/C21H25N7O2/c1-30-18-6-7-22-21(25-18)27-10-8-26(9-11-27)20(29)15-12-17-19(23-13-15)28(14-24-17)16-4-2-3-5-16/h6-7,12-14,16H,2-5,8-11H2,1H3. The minimum absolute atomic E-state index is 0.00831. The zero-order valence-corrected chi connectivity index (χ0v) is 17.1. The van der Waals surface area contributed by atoms with Crippen molar-refractivity contribution in [3.8, 4) is 5.88 Å². The number of fused-ring (bicyclic) bond motifs is 1. The van der Waals surface area contributed by atoms with E-state index in [1.807, 2.05) is 17.3 Å². The number of imidazole rings is 1. The molecule has 1 saturated heterocycles. The zero-order chi connectivity index (χ0) is 20.5. The summed E-state index contributed by atoms with van der Waals surface area (Å²) >= 11 is 0. The second kappa shape index (κ2) is 7.89. The average Bonchev–Trinajstić information content (AvgIpc) is 3.48. The third-order valence-electron chi connectivity index (χ3n) is 6.05. The Bertz CT molecular complexity index is 1050. The number of aromatic nitrogens is 5. The van der Waals surface area contributed by atoms with Crippen molar-refractivity contribution in [1.82, 2.24) is 29.4 Å². The van der Waals surface area contributed by atoms with Crippen LogP contribution in [0.4, 0.5) is 5.95 Å². The first-order valence-electron chi connectivity index (χ1n) is 10.5. The van der Waals surface area contributed by atoms with Crippen LogP contribution in [-0.2, 0) is 0 Å². The molecule has 0 atom stereocenters. The average molecular weight is 407 g/mol. The number of carbonyl (C=O) groups is 1. The van der Waals surface area contributed by atoms with Crippen molar-refractivity contribution in [3.63, 3.8) is 0 Å². The third-order valence-corrected chi connectivity index (χ3v) is 6.05. The number of methoxy groups -OCH3 is 1. The van der Waals surface area contributed by atoms with Crippen LogP contribution in [0.25, 0.3) is 11.2 Å². The molecule has 0 unspecified atom stereocenters. The highest BCUT2D eigenvalue weighted by Gasteiger charge is 2.25. The van der Waals surface area contributed by atoms with Gasteiger partial charge >= 0.3 is 0 Å². The SMILES string of the molecule is COc1ccnc(N2CCN(C(=O)c3cnc4c(c3)ncn4C3CCCC3)CC2)n1. The number of piperazine rings is 1. The summed E-state index contributed by atoms with van der Waals surface area (Å²) in [6, 6.07) is 4.07. The Hall–Kier alpha value is -3.23. The van der Waals surface area contributed by atoms with Gasteiger partial charge in [0.15, 0.2) is 5.65 Å². The molecule has 1 saturated carbocycles. The summed E-state index contributed by atoms with van der Waals surface area (Å²) in [7, 11) is 1.59. The maximum atomic E-state index is 13.0. The molecule has 5 rings (SSSR count). The lowest BCUT2D eigenvalue weighted by atomic mass is 10.2. The molecule has 1 aliphatic heterocycles. The van der Waals surface area contributed by atoms with Crippen LogP contribution in [0, 0.1) is 0 Å². The van der Waals surface area contributed by atoms with Gasteiger partial charge in [-0.3, -0.25) is 4.79 Å². The molecule has 1 amide bonds. The van der Waals surface area contributed by atoms with Crippen molar-refractivity contribution >= 4 is 23.0 Å². The van der Waals surface area contributed by atoms with Crippen LogP contribution in [0.3, 0.4) is 0 Å². The highest BCUT2D eigenvalue weighted by Crippen LogP contribution is 2.31. The summed E-state index contributed by atoms with van der Waals surface area (Å²) < 4.78 is 7.35. The normalized spacial score (nSPS) is 17.6. The van der Waals surface area contributed by atoms with Crippen LogP contribution in [0.5, 0.6) is 5.88 Å². The van der Waals surface area contributed by atoms with Crippen LogP contribution in [0.15, 0.2) is 30.9 Å². The molecule has 0 bridgehead atoms. The van der Waals surface area contributed by atoms with E-state index >= 15 is 0 Å². The van der Waals surface area contributed by atoms with Gasteiger partial charge in [0.2, 0.25) is 11.8 Å². The number of nitrogens with zero attached hydrogens (tertiary/aromatic N) is 7. The van der Waals surface area contributed by atoms with Gasteiger partial charge < -0.3 is 19.1 Å². The molecule has 0 radical (unpaired) electrons. The third kappa shape index (κ3) is 3.44. The Morgan fingerprint density at radius 1 is 1.10 bits per heavy atom. The van der Waals surface area contributed by atoms with E-state index in [9.17, 15) is 4.79 Å². The van der Waals surface area contributed by atoms with Gasteiger partial charge in [-0.15, -0.1) is 0 Å². The van der Waals surface area contributed by atoms with E-state index in [0.29, 0.717) is 49.6 Å². The number of rotatable bonds is 4. The monoisotopic (exact) mass is 407 g/mol. The minimum atomic E-state index is -0.00831. The Balaban J connectivity index is 1.27. The van der Waals surface area contributed by atoms with E-state index in [4.69, 9.17) is 4.74 Å². The van der Waals surface area contributed by atoms with Crippen molar-refractivity contribution < 1.29 is 9.53 Å². The first-order valence-corrected chi connectivity index (χ1v) is 10.5. The molecule has 2 fully saturated rings. The first-order chi connectivity index (χ1) is 14.7. The largest absolute Gasteiger partial charge is 0.481 e. The van der Waals surface area contributed by atoms with E-state index in [1.54, 1.807) is 25.6 Å². The summed E-state index contributed by atoms with van der Waals surface area (Å²) in [5, 5.41) is 0. The highest BCUT2D eigenvalue weighted by molar-refractivity contribution is 5.96. The molecule has 0 spiro atoms. The van der Waals surface area contributed by atoms with Gasteiger partial charge in [0.25, 0.3) is 5.91 Å². The van der Waals surface area contributed by atoms with Gasteiger partial charge in [0.1, 0.15) is 5.52 Å². The molecule has 9 nitrogen and oxygen atoms in total. The maximum absolute atomic E-state index is 13.0. The van der Waals surface area contributed by atoms with Crippen LogP contribution in [-0.4, -0.2) is 68.6 Å². The number of carbonyl (C=O) groups excluding carboxylic acids is 1. The molecule has 0 aromatic carbocycles. The summed E-state index contributed by atoms with van der Waals surface area (Å²) in [6.45, 7) is 2.55. The van der Waals surface area contributed by atoms with Gasteiger partial charge in [-0.2, -0.15) is 4.98 Å². The number of amides is 1. The Morgan fingerprint density at radius 3 is 2.67 bits per heavy atom. The van der Waals surface area contributed by atoms with Gasteiger partial charge in [-0.05, 0) is 18.9 Å².